The number of H-pyrrole nitrogens is 1. The fourth-order valence-corrected chi connectivity index (χ4v) is 4.42. The van der Waals surface area contributed by atoms with Crippen molar-refractivity contribution in [3.05, 3.63) is 64.7 Å². The van der Waals surface area contributed by atoms with Crippen molar-refractivity contribution >= 4 is 17.2 Å². The summed E-state index contributed by atoms with van der Waals surface area (Å²) >= 11 is 1.66. The van der Waals surface area contributed by atoms with Gasteiger partial charge in [0.15, 0.2) is 0 Å². The number of hydrogen-bond donors (Lipinski definition) is 1. The van der Waals surface area contributed by atoms with E-state index in [9.17, 15) is 4.79 Å². The highest BCUT2D eigenvalue weighted by Crippen LogP contribution is 2.25. The fourth-order valence-electron chi connectivity index (χ4n) is 3.73. The lowest BCUT2D eigenvalue weighted by Crippen LogP contribution is -2.50. The number of nitrogens with zero attached hydrogens (tertiary/aromatic N) is 3. The molecular formula is C21H24N4OS. The van der Waals surface area contributed by atoms with Crippen molar-refractivity contribution in [3.63, 3.8) is 0 Å². The van der Waals surface area contributed by atoms with Gasteiger partial charge in [0.05, 0.1) is 23.2 Å². The van der Waals surface area contributed by atoms with E-state index in [4.69, 9.17) is 0 Å². The molecule has 27 heavy (non-hydrogen) atoms. The number of fused-ring (bicyclic) bond motifs is 1. The third kappa shape index (κ3) is 3.68. The van der Waals surface area contributed by atoms with E-state index in [1.807, 2.05) is 29.5 Å². The average molecular weight is 381 g/mol. The molecule has 0 saturated carbocycles. The number of rotatable bonds is 5. The number of carbonyl (C=O) groups excluding carboxylic acids is 1. The second-order valence-electron chi connectivity index (χ2n) is 7.00. The Morgan fingerprint density at radius 2 is 2.11 bits per heavy atom. The minimum atomic E-state index is -0.102. The van der Waals surface area contributed by atoms with Gasteiger partial charge in [0.25, 0.3) is 0 Å². The van der Waals surface area contributed by atoms with Gasteiger partial charge in [-0.2, -0.15) is 5.10 Å². The molecule has 3 aromatic rings. The van der Waals surface area contributed by atoms with Crippen molar-refractivity contribution in [2.45, 2.75) is 32.5 Å². The van der Waals surface area contributed by atoms with E-state index < -0.39 is 0 Å². The molecule has 1 aromatic carbocycles. The molecule has 140 valence electrons. The zero-order chi connectivity index (χ0) is 18.8. The lowest BCUT2D eigenvalue weighted by atomic mass is 9.93. The number of aromatic amines is 1. The molecule has 0 fully saturated rings. The lowest BCUT2D eigenvalue weighted by molar-refractivity contribution is -0.136. The smallest absolute Gasteiger partial charge is 0.240 e. The van der Waals surface area contributed by atoms with Crippen LogP contribution < -0.4 is 0 Å². The molecule has 3 heterocycles. The summed E-state index contributed by atoms with van der Waals surface area (Å²) in [6.07, 6.45) is 0.774. The molecule has 1 unspecified atom stereocenters. The molecule has 1 atom stereocenters. The van der Waals surface area contributed by atoms with Gasteiger partial charge in [-0.25, -0.2) is 0 Å². The van der Waals surface area contributed by atoms with Gasteiger partial charge < -0.3 is 4.90 Å². The first-order valence-corrected chi connectivity index (χ1v) is 10.2. The molecule has 0 saturated heterocycles. The number of aromatic nitrogens is 2. The zero-order valence-corrected chi connectivity index (χ0v) is 16.5. The van der Waals surface area contributed by atoms with Crippen molar-refractivity contribution in [2.24, 2.45) is 0 Å². The summed E-state index contributed by atoms with van der Waals surface area (Å²) in [7, 11) is 1.88. The van der Waals surface area contributed by atoms with Crippen molar-refractivity contribution in [1.82, 2.24) is 20.0 Å². The number of nitrogens with one attached hydrogen (secondary N) is 1. The number of benzene rings is 1. The topological polar surface area (TPSA) is 52.2 Å². The van der Waals surface area contributed by atoms with Gasteiger partial charge in [-0.15, -0.1) is 11.3 Å². The Balaban J connectivity index is 1.47. The molecule has 6 heteroatoms. The summed E-state index contributed by atoms with van der Waals surface area (Å²) in [6.45, 7) is 4.36. The minimum absolute atomic E-state index is 0.102. The van der Waals surface area contributed by atoms with Crippen LogP contribution in [0.3, 0.4) is 0 Å². The molecule has 0 spiro atoms. The first-order valence-electron chi connectivity index (χ1n) is 9.29. The highest BCUT2D eigenvalue weighted by Gasteiger charge is 2.32. The third-order valence-corrected chi connectivity index (χ3v) is 6.12. The van der Waals surface area contributed by atoms with Crippen LogP contribution in [0.15, 0.2) is 47.8 Å². The summed E-state index contributed by atoms with van der Waals surface area (Å²) in [5.41, 5.74) is 4.51. The lowest BCUT2D eigenvalue weighted by Gasteiger charge is -2.37. The number of thiophene rings is 1. The molecule has 1 amide bonds. The van der Waals surface area contributed by atoms with E-state index >= 15 is 0 Å². The molecule has 1 N–H and O–H groups in total. The van der Waals surface area contributed by atoms with Crippen molar-refractivity contribution in [1.29, 1.82) is 0 Å². The van der Waals surface area contributed by atoms with E-state index in [0.717, 1.165) is 35.8 Å². The Labute approximate surface area is 163 Å². The molecule has 1 aliphatic rings. The van der Waals surface area contributed by atoms with Gasteiger partial charge in [0.2, 0.25) is 5.91 Å². The van der Waals surface area contributed by atoms with Gasteiger partial charge in [0, 0.05) is 13.6 Å². The van der Waals surface area contributed by atoms with Crippen molar-refractivity contribution in [2.75, 3.05) is 13.6 Å². The highest BCUT2D eigenvalue weighted by atomic mass is 32.1. The van der Waals surface area contributed by atoms with Crippen LogP contribution in [-0.4, -0.2) is 45.5 Å². The van der Waals surface area contributed by atoms with E-state index in [0.29, 0.717) is 6.54 Å². The van der Waals surface area contributed by atoms with Gasteiger partial charge in [0.1, 0.15) is 5.69 Å². The van der Waals surface area contributed by atoms with E-state index in [1.54, 1.807) is 11.3 Å². The summed E-state index contributed by atoms with van der Waals surface area (Å²) < 4.78 is 0. The van der Waals surface area contributed by atoms with Crippen molar-refractivity contribution in [3.8, 4) is 10.6 Å². The second-order valence-corrected chi connectivity index (χ2v) is 7.95. The Kier molecular flexibility index (Phi) is 5.09. The Morgan fingerprint density at radius 1 is 1.30 bits per heavy atom. The predicted octanol–water partition coefficient (Wildman–Crippen LogP) is 3.54. The standard InChI is InChI=1S/C21H24N4OS/c1-3-25-13-16-8-5-4-7-15(16)11-19(25)21(26)24(2)14-17-12-18(23-22-17)20-9-6-10-27-20/h4-10,12,19H,3,11,13-14H2,1-2H3,(H,22,23). The summed E-state index contributed by atoms with van der Waals surface area (Å²) in [5, 5.41) is 9.50. The number of carbonyl (C=O) groups is 1. The maximum atomic E-state index is 13.2. The Bertz CT molecular complexity index is 918. The van der Waals surface area contributed by atoms with Gasteiger partial charge in [-0.05, 0) is 41.6 Å². The van der Waals surface area contributed by atoms with Crippen LogP contribution in [0.25, 0.3) is 10.6 Å². The summed E-state index contributed by atoms with van der Waals surface area (Å²) in [6, 6.07) is 14.4. The Hall–Kier alpha value is -2.44. The minimum Gasteiger partial charge on any atom is -0.339 e. The first kappa shape index (κ1) is 17.9. The van der Waals surface area contributed by atoms with Crippen LogP contribution in [0, 0.1) is 0 Å². The van der Waals surface area contributed by atoms with Crippen molar-refractivity contribution < 1.29 is 4.79 Å². The van der Waals surface area contributed by atoms with Crippen LogP contribution in [0.1, 0.15) is 23.7 Å². The van der Waals surface area contributed by atoms with Crippen LogP contribution in [0.4, 0.5) is 0 Å². The number of hydrogen-bond acceptors (Lipinski definition) is 4. The summed E-state index contributed by atoms with van der Waals surface area (Å²) in [4.78, 5) is 18.4. The molecule has 4 rings (SSSR count). The van der Waals surface area contributed by atoms with Gasteiger partial charge in [-0.1, -0.05) is 37.3 Å². The van der Waals surface area contributed by atoms with Crippen LogP contribution >= 0.6 is 11.3 Å². The molecule has 0 radical (unpaired) electrons. The van der Waals surface area contributed by atoms with E-state index in [-0.39, 0.29) is 11.9 Å². The molecule has 1 aliphatic heterocycles. The Morgan fingerprint density at radius 3 is 2.85 bits per heavy atom. The number of amides is 1. The molecular weight excluding hydrogens is 356 g/mol. The molecule has 5 nitrogen and oxygen atoms in total. The predicted molar refractivity (Wildman–Crippen MR) is 108 cm³/mol. The third-order valence-electron chi connectivity index (χ3n) is 5.23. The normalized spacial score (nSPS) is 16.9. The van der Waals surface area contributed by atoms with E-state index in [1.165, 1.54) is 11.1 Å². The monoisotopic (exact) mass is 380 g/mol. The maximum Gasteiger partial charge on any atom is 0.240 e. The number of likely N-dealkylation sites (N-methyl/N-ethyl adjacent to an activating group) is 2. The largest absolute Gasteiger partial charge is 0.339 e. The highest BCUT2D eigenvalue weighted by molar-refractivity contribution is 7.13. The van der Waals surface area contributed by atoms with Gasteiger partial charge in [-0.3, -0.25) is 14.8 Å². The fraction of sp³-hybridized carbons (Fsp3) is 0.333. The second kappa shape index (κ2) is 7.66. The van der Waals surface area contributed by atoms with Gasteiger partial charge >= 0.3 is 0 Å². The van der Waals surface area contributed by atoms with E-state index in [2.05, 4.69) is 52.4 Å². The molecule has 0 aliphatic carbocycles. The van der Waals surface area contributed by atoms with Crippen LogP contribution in [0.2, 0.25) is 0 Å². The summed E-state index contributed by atoms with van der Waals surface area (Å²) in [5.74, 6) is 0.165. The van der Waals surface area contributed by atoms with Crippen LogP contribution in [0.5, 0.6) is 0 Å². The maximum absolute atomic E-state index is 13.2. The quantitative estimate of drug-likeness (QED) is 0.737. The average Bonchev–Trinajstić information content (AvgIpc) is 3.38. The SMILES string of the molecule is CCN1Cc2ccccc2CC1C(=O)N(C)Cc1cc(-c2cccs2)n[nH]1. The first-order chi connectivity index (χ1) is 13.2. The van der Waals surface area contributed by atoms with Crippen LogP contribution in [-0.2, 0) is 24.3 Å². The molecule has 0 bridgehead atoms. The molecule has 2 aromatic heterocycles. The zero-order valence-electron chi connectivity index (χ0n) is 15.7.